The predicted molar refractivity (Wildman–Crippen MR) is 230 cm³/mol. The maximum absolute atomic E-state index is 4.89. The van der Waals surface area contributed by atoms with E-state index in [-0.39, 0.29) is 0 Å². The Morgan fingerprint density at radius 2 is 1.22 bits per heavy atom. The van der Waals surface area contributed by atoms with Crippen LogP contribution in [0.2, 0.25) is 13.1 Å². The predicted octanol–water partition coefficient (Wildman–Crippen LogP) is 12.8. The van der Waals surface area contributed by atoms with Crippen LogP contribution in [0, 0.1) is 0 Å². The molecule has 0 saturated carbocycles. The standard InChI is InChI=1S/C52H39NSi/c1-54(2)50-20-10-8-18-45(50)52(46-19-9-11-21-51(46)54)47-31-38(37-23-22-35-15-6-7-16-36(35)29-37)24-26-41(47)42-27-25-39(32-48(42)52)44-30-40(34-13-4-3-5-14-34)33-49-43(44)17-12-28-53-49/h3-8,10-18,20-33H,9,19H2,1-2H3. The SMILES string of the molecule is C[Si]1(C)C2=C(CCC=C2)C2(c3cc(-c4ccc5ccccc5c4)ccc3-c3ccc(-c4cc(-c5ccccc5)cc5ncccc45)cc32)c2ccccc21. The largest absolute Gasteiger partial charge is 0.256 e. The monoisotopic (exact) mass is 705 g/mol. The van der Waals surface area contributed by atoms with Crippen LogP contribution in [0.25, 0.3) is 66.2 Å². The maximum Gasteiger partial charge on any atom is 0.112 e. The Kier molecular flexibility index (Phi) is 6.81. The lowest BCUT2D eigenvalue weighted by Crippen LogP contribution is -2.55. The van der Waals surface area contributed by atoms with Gasteiger partial charge in [-0.15, -0.1) is 0 Å². The fourth-order valence-corrected chi connectivity index (χ4v) is 13.5. The number of aromatic nitrogens is 1. The molecule has 1 atom stereocenters. The van der Waals surface area contributed by atoms with E-state index in [9.17, 15) is 0 Å². The zero-order chi connectivity index (χ0) is 36.0. The summed E-state index contributed by atoms with van der Waals surface area (Å²) in [6, 6.07) is 59.4. The van der Waals surface area contributed by atoms with Crippen molar-refractivity contribution in [3.05, 3.63) is 204 Å². The molecule has 2 aliphatic carbocycles. The fraction of sp³-hybridized carbons (Fsp3) is 0.0962. The number of hydrogen-bond donors (Lipinski definition) is 0. The first kappa shape index (κ1) is 31.4. The van der Waals surface area contributed by atoms with Crippen molar-refractivity contribution in [3.8, 4) is 44.5 Å². The highest BCUT2D eigenvalue weighted by Crippen LogP contribution is 2.61. The lowest BCUT2D eigenvalue weighted by atomic mass is 9.64. The zero-order valence-electron chi connectivity index (χ0n) is 30.6. The van der Waals surface area contributed by atoms with Gasteiger partial charge < -0.3 is 0 Å². The molecule has 1 nitrogen and oxygen atoms in total. The minimum atomic E-state index is -1.99. The lowest BCUT2D eigenvalue weighted by molar-refractivity contribution is 0.687. The lowest BCUT2D eigenvalue weighted by Gasteiger charge is -2.48. The molecule has 0 N–H and O–H groups in total. The molecule has 1 unspecified atom stereocenters. The van der Waals surface area contributed by atoms with Gasteiger partial charge in [0.2, 0.25) is 0 Å². The van der Waals surface area contributed by atoms with E-state index in [1.165, 1.54) is 77.4 Å². The molecule has 0 amide bonds. The minimum absolute atomic E-state index is 0.391. The van der Waals surface area contributed by atoms with Crippen molar-refractivity contribution in [3.63, 3.8) is 0 Å². The summed E-state index contributed by atoms with van der Waals surface area (Å²) in [5.74, 6) is 0. The fourth-order valence-electron chi connectivity index (χ4n) is 10.2. The third-order valence-electron chi connectivity index (χ3n) is 12.7. The Morgan fingerprint density at radius 1 is 0.519 bits per heavy atom. The van der Waals surface area contributed by atoms with Gasteiger partial charge in [0, 0.05) is 11.6 Å². The van der Waals surface area contributed by atoms with Gasteiger partial charge >= 0.3 is 0 Å². The first-order chi connectivity index (χ1) is 26.5. The molecule has 2 heteroatoms. The second kappa shape index (κ2) is 11.7. The van der Waals surface area contributed by atoms with Gasteiger partial charge in [-0.05, 0) is 126 Å². The number of allylic oxidation sites excluding steroid dienone is 4. The molecule has 256 valence electrons. The average molecular weight is 706 g/mol. The maximum atomic E-state index is 4.89. The molecule has 54 heavy (non-hydrogen) atoms. The number of rotatable bonds is 3. The summed E-state index contributed by atoms with van der Waals surface area (Å²) in [6.45, 7) is 5.13. The summed E-state index contributed by atoms with van der Waals surface area (Å²) in [6.07, 6.45) is 8.99. The van der Waals surface area contributed by atoms with Gasteiger partial charge in [-0.1, -0.05) is 157 Å². The molecular formula is C52H39NSi. The first-order valence-electron chi connectivity index (χ1n) is 19.3. The highest BCUT2D eigenvalue weighted by Gasteiger charge is 2.54. The number of fused-ring (bicyclic) bond motifs is 10. The van der Waals surface area contributed by atoms with Gasteiger partial charge in [0.1, 0.15) is 8.07 Å². The Bertz CT molecular complexity index is 2910. The second-order valence-electron chi connectivity index (χ2n) is 15.8. The number of hydrogen-bond acceptors (Lipinski definition) is 1. The third kappa shape index (κ3) is 4.41. The Morgan fingerprint density at radius 3 is 2.07 bits per heavy atom. The Hall–Kier alpha value is -6.09. The van der Waals surface area contributed by atoms with E-state index >= 15 is 0 Å². The van der Waals surface area contributed by atoms with Crippen molar-refractivity contribution in [2.45, 2.75) is 31.4 Å². The molecule has 7 aromatic carbocycles. The van der Waals surface area contributed by atoms with Gasteiger partial charge in [0.25, 0.3) is 0 Å². The molecule has 0 fully saturated rings. The number of nitrogens with zero attached hydrogens (tertiary/aromatic N) is 1. The molecule has 1 aromatic heterocycles. The Balaban J connectivity index is 1.22. The van der Waals surface area contributed by atoms with Crippen molar-refractivity contribution >= 4 is 34.9 Å². The van der Waals surface area contributed by atoms with Crippen LogP contribution in [0.5, 0.6) is 0 Å². The minimum Gasteiger partial charge on any atom is -0.256 e. The molecule has 8 aromatic rings. The Labute approximate surface area is 318 Å². The summed E-state index contributed by atoms with van der Waals surface area (Å²) in [5, 5.41) is 6.88. The number of benzene rings is 7. The van der Waals surface area contributed by atoms with Crippen LogP contribution in [0.15, 0.2) is 187 Å². The molecule has 0 bridgehead atoms. The highest BCUT2D eigenvalue weighted by atomic mass is 28.3. The molecule has 3 aliphatic rings. The van der Waals surface area contributed by atoms with Crippen LogP contribution in [0.1, 0.15) is 29.5 Å². The van der Waals surface area contributed by atoms with Gasteiger partial charge in [-0.25, -0.2) is 0 Å². The van der Waals surface area contributed by atoms with E-state index < -0.39 is 13.5 Å². The summed E-state index contributed by atoms with van der Waals surface area (Å²) in [4.78, 5) is 4.89. The van der Waals surface area contributed by atoms with E-state index in [4.69, 9.17) is 4.98 Å². The quantitative estimate of drug-likeness (QED) is 0.167. The summed E-state index contributed by atoms with van der Waals surface area (Å²) in [7, 11) is -1.99. The summed E-state index contributed by atoms with van der Waals surface area (Å²) < 4.78 is 0. The van der Waals surface area contributed by atoms with Gasteiger partial charge in [-0.2, -0.15) is 0 Å². The van der Waals surface area contributed by atoms with Gasteiger partial charge in [-0.3, -0.25) is 4.98 Å². The van der Waals surface area contributed by atoms with E-state index in [0.717, 1.165) is 18.4 Å². The van der Waals surface area contributed by atoms with E-state index in [1.54, 1.807) is 16.0 Å². The van der Waals surface area contributed by atoms with Crippen molar-refractivity contribution < 1.29 is 0 Å². The molecule has 0 saturated heterocycles. The third-order valence-corrected chi connectivity index (χ3v) is 16.3. The number of pyridine rings is 1. The zero-order valence-corrected chi connectivity index (χ0v) is 31.6. The normalized spacial score (nSPS) is 17.7. The molecule has 2 heterocycles. The molecule has 11 rings (SSSR count). The van der Waals surface area contributed by atoms with Crippen LogP contribution in [0.3, 0.4) is 0 Å². The first-order valence-corrected chi connectivity index (χ1v) is 22.3. The van der Waals surface area contributed by atoms with Crippen LogP contribution in [-0.2, 0) is 5.41 Å². The van der Waals surface area contributed by atoms with Crippen molar-refractivity contribution in [1.82, 2.24) is 4.98 Å². The highest BCUT2D eigenvalue weighted by molar-refractivity contribution is 6.97. The molecule has 0 radical (unpaired) electrons. The smallest absolute Gasteiger partial charge is 0.112 e. The summed E-state index contributed by atoms with van der Waals surface area (Å²) >= 11 is 0. The van der Waals surface area contributed by atoms with Crippen molar-refractivity contribution in [1.29, 1.82) is 0 Å². The molecular weight excluding hydrogens is 667 g/mol. The van der Waals surface area contributed by atoms with Crippen molar-refractivity contribution in [2.75, 3.05) is 0 Å². The van der Waals surface area contributed by atoms with Crippen LogP contribution < -0.4 is 5.19 Å². The van der Waals surface area contributed by atoms with Gasteiger partial charge in [0.15, 0.2) is 0 Å². The van der Waals surface area contributed by atoms with Crippen LogP contribution in [-0.4, -0.2) is 13.1 Å². The van der Waals surface area contributed by atoms with Crippen LogP contribution >= 0.6 is 0 Å². The summed E-state index contributed by atoms with van der Waals surface area (Å²) in [5.41, 5.74) is 16.6. The average Bonchev–Trinajstić information content (AvgIpc) is 3.52. The van der Waals surface area contributed by atoms with Gasteiger partial charge in [0.05, 0.1) is 10.9 Å². The second-order valence-corrected chi connectivity index (χ2v) is 20.1. The van der Waals surface area contributed by atoms with E-state index in [2.05, 4.69) is 183 Å². The van der Waals surface area contributed by atoms with E-state index in [1.807, 2.05) is 6.20 Å². The van der Waals surface area contributed by atoms with E-state index in [0.29, 0.717) is 0 Å². The molecule has 1 spiro atoms. The molecule has 1 aliphatic heterocycles. The van der Waals surface area contributed by atoms with Crippen LogP contribution in [0.4, 0.5) is 0 Å². The topological polar surface area (TPSA) is 12.9 Å². The van der Waals surface area contributed by atoms with Crippen molar-refractivity contribution in [2.24, 2.45) is 0 Å².